The highest BCUT2D eigenvalue weighted by atomic mass is 127. The number of hydrogen-bond acceptors (Lipinski definition) is 4. The van der Waals surface area contributed by atoms with Crippen LogP contribution in [0.3, 0.4) is 0 Å². The summed E-state index contributed by atoms with van der Waals surface area (Å²) in [4.78, 5) is 20.5. The van der Waals surface area contributed by atoms with Crippen molar-refractivity contribution in [1.82, 2.24) is 20.4 Å². The van der Waals surface area contributed by atoms with E-state index in [0.29, 0.717) is 6.04 Å². The topological polar surface area (TPSA) is 69.2 Å². The van der Waals surface area contributed by atoms with E-state index in [9.17, 15) is 4.79 Å². The molecule has 1 heterocycles. The van der Waals surface area contributed by atoms with Crippen molar-refractivity contribution in [2.75, 3.05) is 53.5 Å². The molecule has 1 saturated heterocycles. The summed E-state index contributed by atoms with van der Waals surface area (Å²) in [6.07, 6.45) is 3.04. The van der Waals surface area contributed by atoms with Crippen molar-refractivity contribution >= 4 is 35.8 Å². The Kier molecular flexibility index (Phi) is 13.7. The fourth-order valence-corrected chi connectivity index (χ4v) is 3.24. The fourth-order valence-electron chi connectivity index (χ4n) is 3.24. The lowest BCUT2D eigenvalue weighted by molar-refractivity contribution is -0.127. The van der Waals surface area contributed by atoms with Crippen molar-refractivity contribution in [3.8, 4) is 0 Å². The molecular weight excluding hydrogens is 493 g/mol. The molecule has 0 saturated carbocycles. The molecule has 1 aromatic rings. The van der Waals surface area contributed by atoms with Crippen LogP contribution in [0, 0.1) is 0 Å². The van der Waals surface area contributed by atoms with Crippen molar-refractivity contribution in [3.05, 3.63) is 35.9 Å². The highest BCUT2D eigenvalue weighted by molar-refractivity contribution is 14.0. The highest BCUT2D eigenvalue weighted by Crippen LogP contribution is 2.13. The zero-order chi connectivity index (χ0) is 20.9. The predicted molar refractivity (Wildman–Crippen MR) is 133 cm³/mol. The molecule has 1 amide bonds. The second kappa shape index (κ2) is 15.4. The van der Waals surface area contributed by atoms with Gasteiger partial charge in [0.2, 0.25) is 5.91 Å². The van der Waals surface area contributed by atoms with Gasteiger partial charge in [-0.2, -0.15) is 0 Å². The zero-order valence-corrected chi connectivity index (χ0v) is 20.9. The van der Waals surface area contributed by atoms with Gasteiger partial charge >= 0.3 is 0 Å². The number of halogens is 1. The second-order valence-corrected chi connectivity index (χ2v) is 7.61. The Balaban J connectivity index is 0.00000450. The molecule has 8 heteroatoms. The number of rotatable bonds is 10. The summed E-state index contributed by atoms with van der Waals surface area (Å²) in [6, 6.07) is 11.0. The van der Waals surface area contributed by atoms with Crippen LogP contribution in [-0.2, 0) is 16.1 Å². The standard InChI is InChI=1S/C22H37N5O2.HI/c1-4-29-16-8-13-23-22(24-17-21(28)26(2)3)25-20-11-14-27(15-12-20)18-19-9-6-5-7-10-19;/h5-7,9-10,20H,4,8,11-18H2,1-3H3,(H2,23,24,25);1H. The molecule has 0 bridgehead atoms. The van der Waals surface area contributed by atoms with Gasteiger partial charge in [-0.15, -0.1) is 24.0 Å². The Hall–Kier alpha value is -1.39. The van der Waals surface area contributed by atoms with E-state index in [1.54, 1.807) is 19.0 Å². The summed E-state index contributed by atoms with van der Waals surface area (Å²) in [5.74, 6) is 0.719. The van der Waals surface area contributed by atoms with Crippen LogP contribution < -0.4 is 10.6 Å². The van der Waals surface area contributed by atoms with Gasteiger partial charge in [0.05, 0.1) is 0 Å². The largest absolute Gasteiger partial charge is 0.382 e. The predicted octanol–water partition coefficient (Wildman–Crippen LogP) is 2.32. The van der Waals surface area contributed by atoms with Gasteiger partial charge in [0.1, 0.15) is 6.54 Å². The van der Waals surface area contributed by atoms with Crippen LogP contribution in [0.2, 0.25) is 0 Å². The third-order valence-electron chi connectivity index (χ3n) is 5.01. The molecule has 0 atom stereocenters. The van der Waals surface area contributed by atoms with Gasteiger partial charge in [0.15, 0.2) is 5.96 Å². The van der Waals surface area contributed by atoms with Gasteiger partial charge in [-0.1, -0.05) is 30.3 Å². The quantitative estimate of drug-likeness (QED) is 0.210. The number of piperidine rings is 1. The Morgan fingerprint density at radius 3 is 2.57 bits per heavy atom. The van der Waals surface area contributed by atoms with Gasteiger partial charge < -0.3 is 20.3 Å². The van der Waals surface area contributed by atoms with E-state index < -0.39 is 0 Å². The first-order chi connectivity index (χ1) is 14.1. The van der Waals surface area contributed by atoms with E-state index in [-0.39, 0.29) is 36.4 Å². The van der Waals surface area contributed by atoms with Crippen LogP contribution in [0.15, 0.2) is 35.3 Å². The van der Waals surface area contributed by atoms with E-state index in [0.717, 1.165) is 64.6 Å². The van der Waals surface area contributed by atoms with E-state index >= 15 is 0 Å². The molecule has 0 aromatic heterocycles. The zero-order valence-electron chi connectivity index (χ0n) is 18.6. The summed E-state index contributed by atoms with van der Waals surface area (Å²) in [7, 11) is 3.51. The minimum Gasteiger partial charge on any atom is -0.382 e. The summed E-state index contributed by atoms with van der Waals surface area (Å²) >= 11 is 0. The van der Waals surface area contributed by atoms with Crippen LogP contribution in [0.1, 0.15) is 31.7 Å². The number of nitrogens with zero attached hydrogens (tertiary/aromatic N) is 3. The Labute approximate surface area is 198 Å². The van der Waals surface area contributed by atoms with Crippen LogP contribution in [0.5, 0.6) is 0 Å². The molecule has 170 valence electrons. The molecule has 1 aromatic carbocycles. The number of nitrogens with one attached hydrogen (secondary N) is 2. The molecule has 1 aliphatic heterocycles. The van der Waals surface area contributed by atoms with Crippen molar-refractivity contribution in [2.24, 2.45) is 4.99 Å². The summed E-state index contributed by atoms with van der Waals surface area (Å²) in [6.45, 7) is 7.50. The monoisotopic (exact) mass is 531 g/mol. The number of benzene rings is 1. The summed E-state index contributed by atoms with van der Waals surface area (Å²) in [5, 5.41) is 6.87. The van der Waals surface area contributed by atoms with Crippen LogP contribution >= 0.6 is 24.0 Å². The first kappa shape index (κ1) is 26.6. The lowest BCUT2D eigenvalue weighted by Crippen LogP contribution is -2.49. The average Bonchev–Trinajstić information content (AvgIpc) is 2.73. The number of aliphatic imine (C=N–C) groups is 1. The number of amides is 1. The normalized spacial score (nSPS) is 15.4. The maximum Gasteiger partial charge on any atom is 0.243 e. The van der Waals surface area contributed by atoms with Crippen LogP contribution in [-0.4, -0.2) is 81.2 Å². The smallest absolute Gasteiger partial charge is 0.243 e. The van der Waals surface area contributed by atoms with E-state index in [4.69, 9.17) is 4.74 Å². The molecule has 7 nitrogen and oxygen atoms in total. The number of hydrogen-bond donors (Lipinski definition) is 2. The first-order valence-corrected chi connectivity index (χ1v) is 10.7. The molecule has 2 N–H and O–H groups in total. The molecule has 30 heavy (non-hydrogen) atoms. The third kappa shape index (κ3) is 10.6. The maximum absolute atomic E-state index is 11.9. The van der Waals surface area contributed by atoms with Gasteiger partial charge in [0.25, 0.3) is 0 Å². The lowest BCUT2D eigenvalue weighted by Gasteiger charge is -2.33. The molecule has 0 aliphatic carbocycles. The second-order valence-electron chi connectivity index (χ2n) is 7.61. The van der Waals surface area contributed by atoms with Crippen LogP contribution in [0.4, 0.5) is 0 Å². The van der Waals surface area contributed by atoms with E-state index in [1.165, 1.54) is 5.56 Å². The summed E-state index contributed by atoms with van der Waals surface area (Å²) in [5.41, 5.74) is 1.36. The number of likely N-dealkylation sites (N-methyl/N-ethyl adjacent to an activating group) is 1. The Morgan fingerprint density at radius 2 is 1.93 bits per heavy atom. The molecule has 0 spiro atoms. The number of likely N-dealkylation sites (tertiary alicyclic amines) is 1. The molecule has 0 radical (unpaired) electrons. The molecular formula is C22H38IN5O2. The average molecular weight is 531 g/mol. The number of carbonyl (C=O) groups is 1. The molecule has 0 unspecified atom stereocenters. The summed E-state index contributed by atoms with van der Waals surface area (Å²) < 4.78 is 5.39. The Morgan fingerprint density at radius 1 is 1.23 bits per heavy atom. The number of guanidine groups is 1. The van der Waals surface area contributed by atoms with Gasteiger partial charge in [-0.25, -0.2) is 4.99 Å². The van der Waals surface area contributed by atoms with Crippen molar-refractivity contribution in [1.29, 1.82) is 0 Å². The highest BCUT2D eigenvalue weighted by Gasteiger charge is 2.20. The van der Waals surface area contributed by atoms with Crippen molar-refractivity contribution in [3.63, 3.8) is 0 Å². The van der Waals surface area contributed by atoms with Crippen LogP contribution in [0.25, 0.3) is 0 Å². The van der Waals surface area contributed by atoms with Gasteiger partial charge in [0, 0.05) is 59.5 Å². The first-order valence-electron chi connectivity index (χ1n) is 10.7. The van der Waals surface area contributed by atoms with Crippen molar-refractivity contribution < 1.29 is 9.53 Å². The third-order valence-corrected chi connectivity index (χ3v) is 5.01. The number of carbonyl (C=O) groups excluding carboxylic acids is 1. The van der Waals surface area contributed by atoms with Gasteiger partial charge in [-0.05, 0) is 31.7 Å². The van der Waals surface area contributed by atoms with E-state index in [1.807, 2.05) is 6.92 Å². The minimum absolute atomic E-state index is 0. The Bertz CT molecular complexity index is 619. The fraction of sp³-hybridized carbons (Fsp3) is 0.636. The molecule has 1 aliphatic rings. The number of ether oxygens (including phenoxy) is 1. The van der Waals surface area contributed by atoms with Crippen molar-refractivity contribution in [2.45, 2.75) is 38.8 Å². The maximum atomic E-state index is 11.9. The minimum atomic E-state index is -0.00176. The molecule has 2 rings (SSSR count). The molecule has 1 fully saturated rings. The lowest BCUT2D eigenvalue weighted by atomic mass is 10.0. The van der Waals surface area contributed by atoms with E-state index in [2.05, 4.69) is 50.9 Å². The van der Waals surface area contributed by atoms with Gasteiger partial charge in [-0.3, -0.25) is 9.69 Å². The SMILES string of the molecule is CCOCCCNC(=NCC(=O)N(C)C)NC1CCN(Cc2ccccc2)CC1.I.